The summed E-state index contributed by atoms with van der Waals surface area (Å²) in [6, 6.07) is 32.0. The average molecular weight is 587 g/mol. The van der Waals surface area contributed by atoms with E-state index in [1.807, 2.05) is 18.8 Å². The zero-order valence-electron chi connectivity index (χ0n) is 25.2. The van der Waals surface area contributed by atoms with Crippen LogP contribution in [0.1, 0.15) is 23.6 Å². The third kappa shape index (κ3) is 6.46. The maximum Gasteiger partial charge on any atom is 0.241 e. The number of morpholine rings is 1. The van der Waals surface area contributed by atoms with Crippen molar-refractivity contribution in [2.24, 2.45) is 0 Å². The molecule has 0 amide bonds. The third-order valence-electron chi connectivity index (χ3n) is 8.65. The van der Waals surface area contributed by atoms with Crippen LogP contribution in [-0.2, 0) is 19.6 Å². The second kappa shape index (κ2) is 14.0. The zero-order valence-corrected chi connectivity index (χ0v) is 26.1. The Labute approximate surface area is 253 Å². The Morgan fingerprint density at radius 2 is 1.36 bits per heavy atom. The predicted molar refractivity (Wildman–Crippen MR) is 171 cm³/mol. The minimum absolute atomic E-state index is 0.121. The summed E-state index contributed by atoms with van der Waals surface area (Å²) in [7, 11) is 6.93. The van der Waals surface area contributed by atoms with E-state index in [4.69, 9.17) is 17.3 Å². The minimum Gasteiger partial charge on any atom is -0.380 e. The molecule has 0 aromatic heterocycles. The summed E-state index contributed by atoms with van der Waals surface area (Å²) in [6.07, 6.45) is 0.0342. The fourth-order valence-corrected chi connectivity index (χ4v) is 8.53. The highest BCUT2D eigenvalue weighted by atomic mass is 31.2. The van der Waals surface area contributed by atoms with Crippen molar-refractivity contribution in [2.75, 3.05) is 72.9 Å². The van der Waals surface area contributed by atoms with Crippen molar-refractivity contribution in [3.8, 4) is 0 Å². The summed E-state index contributed by atoms with van der Waals surface area (Å²) in [6.45, 7) is 7.76. The average Bonchev–Trinajstić information content (AvgIpc) is 3.03. The molecule has 0 saturated carbocycles. The van der Waals surface area contributed by atoms with Crippen LogP contribution in [-0.4, -0.2) is 112 Å². The van der Waals surface area contributed by atoms with E-state index in [-0.39, 0.29) is 18.5 Å². The van der Waals surface area contributed by atoms with Crippen molar-refractivity contribution in [2.45, 2.75) is 24.6 Å². The van der Waals surface area contributed by atoms with E-state index in [0.717, 1.165) is 32.7 Å². The normalized spacial score (nSPS) is 22.7. The van der Waals surface area contributed by atoms with Gasteiger partial charge < -0.3 is 9.47 Å². The lowest BCUT2D eigenvalue weighted by Gasteiger charge is -2.50. The molecule has 5 rings (SSSR count). The van der Waals surface area contributed by atoms with Crippen LogP contribution in [0.15, 0.2) is 91.0 Å². The van der Waals surface area contributed by atoms with Crippen LogP contribution >= 0.6 is 7.44 Å². The van der Waals surface area contributed by atoms with Gasteiger partial charge in [0.15, 0.2) is 0 Å². The van der Waals surface area contributed by atoms with Gasteiger partial charge in [-0.05, 0) is 37.3 Å². The van der Waals surface area contributed by atoms with Crippen molar-refractivity contribution in [3.63, 3.8) is 0 Å². The van der Waals surface area contributed by atoms with E-state index >= 15 is 0 Å². The lowest BCUT2D eigenvalue weighted by atomic mass is 9.75. The molecule has 7 nitrogen and oxygen atoms in total. The molecule has 0 spiro atoms. The number of hydrogen-bond donors (Lipinski definition) is 0. The van der Waals surface area contributed by atoms with Crippen LogP contribution in [0.2, 0.25) is 0 Å². The van der Waals surface area contributed by atoms with Gasteiger partial charge in [-0.2, -0.15) is 0 Å². The summed E-state index contributed by atoms with van der Waals surface area (Å²) < 4.78 is 30.5. The van der Waals surface area contributed by atoms with Gasteiger partial charge in [0.05, 0.1) is 18.2 Å². The molecule has 3 aromatic rings. The molecule has 42 heavy (non-hydrogen) atoms. The van der Waals surface area contributed by atoms with Crippen LogP contribution < -0.4 is 0 Å². The summed E-state index contributed by atoms with van der Waals surface area (Å²) in [5, 5.41) is 0. The number of likely N-dealkylation sites (N-methyl/N-ethyl adjacent to an activating group) is 1. The molecule has 0 N–H and O–H groups in total. The number of benzene rings is 3. The van der Waals surface area contributed by atoms with Crippen molar-refractivity contribution in [1.29, 1.82) is 0 Å². The first-order valence-electron chi connectivity index (χ1n) is 15.0. The van der Waals surface area contributed by atoms with Gasteiger partial charge in [-0.25, -0.2) is 9.34 Å². The topological polar surface area (TPSA) is 48.5 Å². The Morgan fingerprint density at radius 1 is 0.857 bits per heavy atom. The van der Waals surface area contributed by atoms with E-state index < -0.39 is 13.0 Å². The van der Waals surface area contributed by atoms with E-state index in [0.29, 0.717) is 19.7 Å². The summed E-state index contributed by atoms with van der Waals surface area (Å²) in [4.78, 5) is 4.83. The molecule has 2 aliphatic rings. The number of nitrogens with zero attached hydrogens (tertiary/aromatic N) is 4. The summed E-state index contributed by atoms with van der Waals surface area (Å²) in [5.41, 5.74) is 3.20. The molecule has 3 aromatic carbocycles. The van der Waals surface area contributed by atoms with Gasteiger partial charge in [-0.1, -0.05) is 97.9 Å². The molecule has 2 radical (unpaired) electrons. The molecule has 3 unspecified atom stereocenters. The number of piperazine rings is 1. The molecule has 2 saturated heterocycles. The number of rotatable bonds is 11. The molecule has 2 heterocycles. The minimum atomic E-state index is -2.95. The highest BCUT2D eigenvalue weighted by Gasteiger charge is 2.45. The maximum atomic E-state index is 14.5. The predicted octanol–water partition coefficient (Wildman–Crippen LogP) is 4.54. The monoisotopic (exact) mass is 586 g/mol. The fourth-order valence-electron chi connectivity index (χ4n) is 6.48. The van der Waals surface area contributed by atoms with Gasteiger partial charge in [0, 0.05) is 45.3 Å². The fraction of sp³-hybridized carbons (Fsp3) is 0.455. The van der Waals surface area contributed by atoms with Crippen LogP contribution in [0.5, 0.6) is 0 Å². The lowest BCUT2D eigenvalue weighted by Crippen LogP contribution is -2.56. The number of ether oxygens (including phenoxy) is 2. The van der Waals surface area contributed by atoms with Gasteiger partial charge in [0.1, 0.15) is 14.2 Å². The standard InChI is InChI=1S/C33H44BN4O3P/c1-4-36-24-31(41-32(34)25-36)26-40-27-42(39,35(2)3)38-22-20-37(21-23-38)33(28-14-8-5-9-15-28,29-16-10-6-11-17-29)30-18-12-7-13-19-30/h5-19,31-32H,4,20-27H2,1-3H3. The Bertz CT molecular complexity index is 1200. The zero-order chi connectivity index (χ0) is 29.6. The SMILES string of the molecule is [B]C1CN(CC)CC(COCP(=O)(N(C)C)N2CCN(C(c3ccccc3)(c3ccccc3)c3ccccc3)CC2)O1. The Hall–Kier alpha value is -2.29. The van der Waals surface area contributed by atoms with Crippen molar-refractivity contribution in [1.82, 2.24) is 19.1 Å². The lowest BCUT2D eigenvalue weighted by molar-refractivity contribution is -0.0797. The van der Waals surface area contributed by atoms with Gasteiger partial charge in [-0.15, -0.1) is 0 Å². The van der Waals surface area contributed by atoms with Crippen molar-refractivity contribution >= 4 is 15.3 Å². The summed E-state index contributed by atoms with van der Waals surface area (Å²) in [5.74, 6) is 0. The second-order valence-corrected chi connectivity index (χ2v) is 14.4. The molecule has 2 fully saturated rings. The van der Waals surface area contributed by atoms with Gasteiger partial charge >= 0.3 is 0 Å². The highest BCUT2D eigenvalue weighted by Crippen LogP contribution is 2.53. The van der Waals surface area contributed by atoms with E-state index in [1.165, 1.54) is 16.7 Å². The quantitative estimate of drug-likeness (QED) is 0.186. The van der Waals surface area contributed by atoms with Crippen LogP contribution in [0.4, 0.5) is 0 Å². The van der Waals surface area contributed by atoms with E-state index in [1.54, 1.807) is 0 Å². The number of hydrogen-bond acceptors (Lipinski definition) is 5. The molecule has 9 heteroatoms. The highest BCUT2D eigenvalue weighted by molar-refractivity contribution is 7.58. The van der Waals surface area contributed by atoms with E-state index in [9.17, 15) is 4.57 Å². The van der Waals surface area contributed by atoms with Crippen LogP contribution in [0, 0.1) is 0 Å². The molecule has 0 aliphatic carbocycles. The second-order valence-electron chi connectivity index (χ2n) is 11.4. The van der Waals surface area contributed by atoms with Crippen LogP contribution in [0.25, 0.3) is 0 Å². The maximum absolute atomic E-state index is 14.5. The first kappa shape index (κ1) is 31.1. The van der Waals surface area contributed by atoms with Gasteiger partial charge in [0.2, 0.25) is 7.44 Å². The van der Waals surface area contributed by atoms with Gasteiger partial charge in [0.25, 0.3) is 0 Å². The van der Waals surface area contributed by atoms with Crippen molar-refractivity contribution < 1.29 is 14.0 Å². The smallest absolute Gasteiger partial charge is 0.241 e. The Morgan fingerprint density at radius 3 is 1.81 bits per heavy atom. The first-order chi connectivity index (χ1) is 20.4. The van der Waals surface area contributed by atoms with Crippen LogP contribution in [0.3, 0.4) is 0 Å². The molecule has 3 atom stereocenters. The molecular weight excluding hydrogens is 542 g/mol. The first-order valence-corrected chi connectivity index (χ1v) is 16.8. The molecule has 0 bridgehead atoms. The molecule has 222 valence electrons. The Balaban J connectivity index is 1.37. The van der Waals surface area contributed by atoms with E-state index in [2.05, 4.69) is 112 Å². The largest absolute Gasteiger partial charge is 0.380 e. The molecule has 2 aliphatic heterocycles. The third-order valence-corrected chi connectivity index (χ3v) is 11.7. The Kier molecular flexibility index (Phi) is 10.4. The van der Waals surface area contributed by atoms with Crippen molar-refractivity contribution in [3.05, 3.63) is 108 Å². The molecular formula is C33H44BN4O3P. The summed E-state index contributed by atoms with van der Waals surface area (Å²) >= 11 is 0. The van der Waals surface area contributed by atoms with Gasteiger partial charge in [-0.3, -0.25) is 14.4 Å².